The highest BCUT2D eigenvalue weighted by molar-refractivity contribution is 7.91. The monoisotopic (exact) mass is 355 g/mol. The Balaban J connectivity index is 2.54. The van der Waals surface area contributed by atoms with E-state index < -0.39 is 26.4 Å². The quantitative estimate of drug-likeness (QED) is 0.730. The number of halogens is 1. The second-order valence-corrected chi connectivity index (χ2v) is 9.21. The van der Waals surface area contributed by atoms with Crippen molar-refractivity contribution >= 4 is 15.8 Å². The molecule has 1 aromatic rings. The third-order valence-electron chi connectivity index (χ3n) is 4.72. The Labute approximate surface area is 144 Å². The van der Waals surface area contributed by atoms with Crippen molar-refractivity contribution in [3.63, 3.8) is 0 Å². The highest BCUT2D eigenvalue weighted by Crippen LogP contribution is 2.42. The molecule has 0 radical (unpaired) electrons. The summed E-state index contributed by atoms with van der Waals surface area (Å²) in [6, 6.07) is 4.70. The predicted molar refractivity (Wildman–Crippen MR) is 93.0 cm³/mol. The molecule has 4 nitrogen and oxygen atoms in total. The number of sulfonamides is 1. The number of nitrogens with zero attached hydrogens (tertiary/aromatic N) is 1. The number of rotatable bonds is 6. The van der Waals surface area contributed by atoms with Crippen LogP contribution in [0.1, 0.15) is 63.7 Å². The summed E-state index contributed by atoms with van der Waals surface area (Å²) in [5, 5.41) is 0. The van der Waals surface area contributed by atoms with Crippen LogP contribution in [0.15, 0.2) is 24.3 Å². The molecule has 0 aliphatic heterocycles. The molecule has 1 aliphatic rings. The zero-order chi connectivity index (χ0) is 18.1. The van der Waals surface area contributed by atoms with Crippen LogP contribution in [0.4, 0.5) is 4.39 Å². The number of benzene rings is 1. The Hall–Kier alpha value is -1.27. The number of Topliss-reactive ketones (excluding diaryl/α,β-unsaturated/α-hetero) is 1. The van der Waals surface area contributed by atoms with E-state index in [2.05, 4.69) is 0 Å². The molecular weight excluding hydrogens is 329 g/mol. The third-order valence-corrected chi connectivity index (χ3v) is 7.70. The van der Waals surface area contributed by atoms with Gasteiger partial charge in [0.05, 0.1) is 0 Å². The van der Waals surface area contributed by atoms with Gasteiger partial charge >= 0.3 is 0 Å². The van der Waals surface area contributed by atoms with Crippen molar-refractivity contribution in [3.05, 3.63) is 35.6 Å². The Morgan fingerprint density at radius 3 is 1.92 bits per heavy atom. The van der Waals surface area contributed by atoms with Gasteiger partial charge in [0.25, 0.3) is 0 Å². The van der Waals surface area contributed by atoms with Gasteiger partial charge in [-0.15, -0.1) is 0 Å². The number of carbonyl (C=O) groups is 1. The second kappa shape index (κ2) is 6.92. The molecule has 1 fully saturated rings. The Morgan fingerprint density at radius 2 is 1.50 bits per heavy atom. The van der Waals surface area contributed by atoms with Gasteiger partial charge in [-0.3, -0.25) is 4.79 Å². The van der Waals surface area contributed by atoms with Crippen LogP contribution in [0.25, 0.3) is 0 Å². The molecule has 1 aliphatic carbocycles. The van der Waals surface area contributed by atoms with Gasteiger partial charge < -0.3 is 0 Å². The maximum Gasteiger partial charge on any atom is 0.227 e. The SMILES string of the molecule is CC(C)N(C(C)C)S(=O)(=O)C1(C(=O)c2ccc(F)cc2)CCCC1. The number of ketones is 1. The van der Waals surface area contributed by atoms with Crippen molar-refractivity contribution in [1.82, 2.24) is 4.31 Å². The minimum atomic E-state index is -3.83. The molecule has 2 rings (SSSR count). The number of carbonyl (C=O) groups excluding carboxylic acids is 1. The van der Waals surface area contributed by atoms with Crippen molar-refractivity contribution in [3.8, 4) is 0 Å². The van der Waals surface area contributed by atoms with Crippen LogP contribution in [0.3, 0.4) is 0 Å². The molecular formula is C18H26FNO3S. The van der Waals surface area contributed by atoms with Gasteiger partial charge in [-0.1, -0.05) is 12.8 Å². The first-order chi connectivity index (χ1) is 11.1. The molecule has 0 N–H and O–H groups in total. The molecule has 0 heterocycles. The molecule has 0 aromatic heterocycles. The minimum absolute atomic E-state index is 0.228. The first kappa shape index (κ1) is 19.1. The average molecular weight is 355 g/mol. The molecule has 134 valence electrons. The molecule has 24 heavy (non-hydrogen) atoms. The highest BCUT2D eigenvalue weighted by Gasteiger charge is 2.55. The summed E-state index contributed by atoms with van der Waals surface area (Å²) in [6.07, 6.45) is 2.05. The first-order valence-corrected chi connectivity index (χ1v) is 9.91. The number of hydrogen-bond donors (Lipinski definition) is 0. The van der Waals surface area contributed by atoms with Crippen molar-refractivity contribution in [2.75, 3.05) is 0 Å². The van der Waals surface area contributed by atoms with Crippen LogP contribution in [-0.2, 0) is 10.0 Å². The topological polar surface area (TPSA) is 54.5 Å². The van der Waals surface area contributed by atoms with E-state index in [-0.39, 0.29) is 17.6 Å². The van der Waals surface area contributed by atoms with E-state index in [4.69, 9.17) is 0 Å². The third kappa shape index (κ3) is 3.14. The minimum Gasteiger partial charge on any atom is -0.292 e. The van der Waals surface area contributed by atoms with Crippen LogP contribution in [0.5, 0.6) is 0 Å². The molecule has 0 amide bonds. The van der Waals surface area contributed by atoms with Gasteiger partial charge in [0, 0.05) is 17.6 Å². The fourth-order valence-electron chi connectivity index (χ4n) is 3.77. The summed E-state index contributed by atoms with van der Waals surface area (Å²) >= 11 is 0. The van der Waals surface area contributed by atoms with E-state index >= 15 is 0 Å². The molecule has 0 spiro atoms. The molecule has 0 saturated heterocycles. The van der Waals surface area contributed by atoms with E-state index in [1.165, 1.54) is 28.6 Å². The van der Waals surface area contributed by atoms with Crippen molar-refractivity contribution in [1.29, 1.82) is 0 Å². The van der Waals surface area contributed by atoms with Gasteiger partial charge in [0.15, 0.2) is 5.78 Å². The van der Waals surface area contributed by atoms with Gasteiger partial charge in [0.2, 0.25) is 10.0 Å². The Bertz CT molecular complexity index is 681. The molecule has 1 saturated carbocycles. The summed E-state index contributed by atoms with van der Waals surface area (Å²) in [5.74, 6) is -0.854. The predicted octanol–water partition coefficient (Wildman–Crippen LogP) is 3.77. The average Bonchev–Trinajstić information content (AvgIpc) is 2.97. The lowest BCUT2D eigenvalue weighted by Crippen LogP contribution is -2.55. The Morgan fingerprint density at radius 1 is 1.04 bits per heavy atom. The maximum atomic E-state index is 13.5. The van der Waals surface area contributed by atoms with E-state index in [0.29, 0.717) is 25.7 Å². The lowest BCUT2D eigenvalue weighted by molar-refractivity contribution is 0.0933. The normalized spacial score (nSPS) is 17.8. The fourth-order valence-corrected chi connectivity index (χ4v) is 6.44. The zero-order valence-corrected chi connectivity index (χ0v) is 15.6. The van der Waals surface area contributed by atoms with Crippen molar-refractivity contribution < 1.29 is 17.6 Å². The van der Waals surface area contributed by atoms with E-state index in [0.717, 1.165) is 0 Å². The van der Waals surface area contributed by atoms with Crippen LogP contribution < -0.4 is 0 Å². The lowest BCUT2D eigenvalue weighted by atomic mass is 9.95. The van der Waals surface area contributed by atoms with Crippen LogP contribution in [0.2, 0.25) is 0 Å². The van der Waals surface area contributed by atoms with Gasteiger partial charge in [0.1, 0.15) is 10.6 Å². The summed E-state index contributed by atoms with van der Waals surface area (Å²) in [4.78, 5) is 13.1. The molecule has 0 unspecified atom stereocenters. The van der Waals surface area contributed by atoms with Gasteiger partial charge in [-0.05, 0) is 64.8 Å². The summed E-state index contributed by atoms with van der Waals surface area (Å²) in [6.45, 7) is 7.29. The van der Waals surface area contributed by atoms with Gasteiger partial charge in [-0.2, -0.15) is 4.31 Å². The fraction of sp³-hybridized carbons (Fsp3) is 0.611. The van der Waals surface area contributed by atoms with Crippen molar-refractivity contribution in [2.45, 2.75) is 70.2 Å². The Kier molecular flexibility index (Phi) is 5.50. The van der Waals surface area contributed by atoms with Crippen LogP contribution >= 0.6 is 0 Å². The smallest absolute Gasteiger partial charge is 0.227 e. The summed E-state index contributed by atoms with van der Waals surface area (Å²) in [5.41, 5.74) is 0.259. The molecule has 1 aromatic carbocycles. The number of hydrogen-bond acceptors (Lipinski definition) is 3. The summed E-state index contributed by atoms with van der Waals surface area (Å²) < 4.78 is 40.1. The van der Waals surface area contributed by atoms with Crippen molar-refractivity contribution in [2.24, 2.45) is 0 Å². The van der Waals surface area contributed by atoms with Crippen LogP contribution in [0, 0.1) is 5.82 Å². The largest absolute Gasteiger partial charge is 0.292 e. The molecule has 6 heteroatoms. The van der Waals surface area contributed by atoms with E-state index in [1.807, 2.05) is 27.7 Å². The zero-order valence-electron chi connectivity index (χ0n) is 14.8. The van der Waals surface area contributed by atoms with Gasteiger partial charge in [-0.25, -0.2) is 12.8 Å². The lowest BCUT2D eigenvalue weighted by Gasteiger charge is -2.38. The van der Waals surface area contributed by atoms with Crippen LogP contribution in [-0.4, -0.2) is 35.3 Å². The first-order valence-electron chi connectivity index (χ1n) is 8.47. The second-order valence-electron chi connectivity index (χ2n) is 7.06. The molecule has 0 atom stereocenters. The van der Waals surface area contributed by atoms with E-state index in [1.54, 1.807) is 0 Å². The standard InChI is InChI=1S/C18H26FNO3S/c1-13(2)20(14(3)4)24(22,23)18(11-5-6-12-18)17(21)15-7-9-16(19)10-8-15/h7-10,13-14H,5-6,11-12H2,1-4H3. The molecule has 0 bridgehead atoms. The maximum absolute atomic E-state index is 13.5. The van der Waals surface area contributed by atoms with E-state index in [9.17, 15) is 17.6 Å². The highest BCUT2D eigenvalue weighted by atomic mass is 32.2. The summed E-state index contributed by atoms with van der Waals surface area (Å²) in [7, 11) is -3.83.